The van der Waals surface area contributed by atoms with Gasteiger partial charge in [0.15, 0.2) is 5.76 Å². The first-order chi connectivity index (χ1) is 10.7. The lowest BCUT2D eigenvalue weighted by molar-refractivity contribution is -0.116. The van der Waals surface area contributed by atoms with Gasteiger partial charge in [-0.1, -0.05) is 18.2 Å². The lowest BCUT2D eigenvalue weighted by Crippen LogP contribution is -2.19. The van der Waals surface area contributed by atoms with Crippen molar-refractivity contribution in [3.63, 3.8) is 0 Å². The van der Waals surface area contributed by atoms with Gasteiger partial charge in [-0.25, -0.2) is 0 Å². The molecule has 2 heterocycles. The fraction of sp³-hybridized carbons (Fsp3) is 0.111. The minimum Gasteiger partial charge on any atom is -0.453 e. The molecule has 4 rings (SSSR count). The fourth-order valence-electron chi connectivity index (χ4n) is 2.76. The van der Waals surface area contributed by atoms with E-state index in [0.717, 1.165) is 16.6 Å². The number of benzene rings is 2. The number of furan rings is 1. The van der Waals surface area contributed by atoms with E-state index in [-0.39, 0.29) is 11.7 Å². The van der Waals surface area contributed by atoms with E-state index in [1.807, 2.05) is 30.3 Å². The van der Waals surface area contributed by atoms with Crippen LogP contribution in [-0.2, 0) is 11.2 Å². The van der Waals surface area contributed by atoms with Crippen LogP contribution in [0.1, 0.15) is 28.1 Å². The number of fused-ring (bicyclic) bond motifs is 2. The quantitative estimate of drug-likeness (QED) is 0.734. The van der Waals surface area contributed by atoms with Crippen molar-refractivity contribution < 1.29 is 14.0 Å². The predicted octanol–water partition coefficient (Wildman–Crippen LogP) is 3.55. The zero-order valence-corrected chi connectivity index (χ0v) is 11.8. The van der Waals surface area contributed by atoms with Gasteiger partial charge in [-0.2, -0.15) is 0 Å². The molecule has 0 fully saturated rings. The number of ketones is 1. The highest BCUT2D eigenvalue weighted by Crippen LogP contribution is 2.26. The number of carbonyl (C=O) groups is 2. The fourth-order valence-corrected chi connectivity index (χ4v) is 2.76. The number of para-hydroxylation sites is 1. The van der Waals surface area contributed by atoms with E-state index in [1.165, 1.54) is 0 Å². The lowest BCUT2D eigenvalue weighted by Gasteiger charge is -2.17. The van der Waals surface area contributed by atoms with Crippen molar-refractivity contribution in [3.8, 4) is 0 Å². The van der Waals surface area contributed by atoms with E-state index < -0.39 is 0 Å². The first kappa shape index (κ1) is 12.8. The summed E-state index contributed by atoms with van der Waals surface area (Å²) in [5.74, 6) is 0.209. The molecular formula is C18H13NO3. The third kappa shape index (κ3) is 2.09. The molecule has 0 aliphatic carbocycles. The Morgan fingerprint density at radius 3 is 2.77 bits per heavy atom. The van der Waals surface area contributed by atoms with Gasteiger partial charge < -0.3 is 9.73 Å². The normalized spacial score (nSPS) is 13.7. The minimum atomic E-state index is -0.143. The van der Waals surface area contributed by atoms with Gasteiger partial charge in [0.2, 0.25) is 11.7 Å². The minimum absolute atomic E-state index is 0.0175. The smallest absolute Gasteiger partial charge is 0.228 e. The molecule has 4 nitrogen and oxygen atoms in total. The molecule has 0 bridgehead atoms. The molecule has 0 atom stereocenters. The Morgan fingerprint density at radius 1 is 1.05 bits per heavy atom. The number of nitrogens with one attached hydrogen (secondary N) is 1. The standard InChI is InChI=1S/C18H13NO3/c20-17-8-6-11-9-13(5-7-14(11)19-17)18(21)16-10-12-3-1-2-4-15(12)22-16/h1-5,7,9-10H,6,8H2,(H,19,20). The molecule has 1 amide bonds. The summed E-state index contributed by atoms with van der Waals surface area (Å²) >= 11 is 0. The summed E-state index contributed by atoms with van der Waals surface area (Å²) in [4.78, 5) is 24.0. The van der Waals surface area contributed by atoms with Gasteiger partial charge in [-0.15, -0.1) is 0 Å². The summed E-state index contributed by atoms with van der Waals surface area (Å²) < 4.78 is 5.63. The average Bonchev–Trinajstić information content (AvgIpc) is 2.97. The highest BCUT2D eigenvalue weighted by atomic mass is 16.3. The number of rotatable bonds is 2. The van der Waals surface area contributed by atoms with E-state index in [9.17, 15) is 9.59 Å². The molecule has 0 saturated heterocycles. The van der Waals surface area contributed by atoms with E-state index >= 15 is 0 Å². The summed E-state index contributed by atoms with van der Waals surface area (Å²) in [6.07, 6.45) is 1.11. The zero-order valence-electron chi connectivity index (χ0n) is 11.8. The molecule has 1 N–H and O–H groups in total. The molecule has 4 heteroatoms. The van der Waals surface area contributed by atoms with Crippen LogP contribution in [0.3, 0.4) is 0 Å². The Labute approximate surface area is 126 Å². The maximum absolute atomic E-state index is 12.6. The third-order valence-corrected chi connectivity index (χ3v) is 3.91. The van der Waals surface area contributed by atoms with Crippen molar-refractivity contribution in [1.82, 2.24) is 0 Å². The molecule has 0 spiro atoms. The van der Waals surface area contributed by atoms with Crippen LogP contribution in [0.15, 0.2) is 52.9 Å². The van der Waals surface area contributed by atoms with Gasteiger partial charge in [0.05, 0.1) is 0 Å². The van der Waals surface area contributed by atoms with Crippen LogP contribution in [-0.4, -0.2) is 11.7 Å². The van der Waals surface area contributed by atoms with Gasteiger partial charge in [0, 0.05) is 23.1 Å². The van der Waals surface area contributed by atoms with Crippen molar-refractivity contribution in [1.29, 1.82) is 0 Å². The SMILES string of the molecule is O=C1CCc2cc(C(=O)c3cc4ccccc4o3)ccc2N1. The molecule has 0 saturated carbocycles. The van der Waals surface area contributed by atoms with Crippen molar-refractivity contribution in [3.05, 3.63) is 65.4 Å². The number of amides is 1. The van der Waals surface area contributed by atoms with Crippen molar-refractivity contribution >= 4 is 28.3 Å². The lowest BCUT2D eigenvalue weighted by atomic mass is 9.98. The van der Waals surface area contributed by atoms with Crippen molar-refractivity contribution in [2.75, 3.05) is 5.32 Å². The number of anilines is 1. The number of hydrogen-bond donors (Lipinski definition) is 1. The Morgan fingerprint density at radius 2 is 1.91 bits per heavy atom. The maximum atomic E-state index is 12.6. The van der Waals surface area contributed by atoms with Crippen LogP contribution >= 0.6 is 0 Å². The van der Waals surface area contributed by atoms with Crippen LogP contribution in [0.5, 0.6) is 0 Å². The summed E-state index contributed by atoms with van der Waals surface area (Å²) in [6, 6.07) is 14.6. The van der Waals surface area contributed by atoms with Crippen LogP contribution in [0, 0.1) is 0 Å². The Hall–Kier alpha value is -2.88. The van der Waals surface area contributed by atoms with Crippen LogP contribution in [0.2, 0.25) is 0 Å². The molecule has 0 radical (unpaired) electrons. The third-order valence-electron chi connectivity index (χ3n) is 3.91. The maximum Gasteiger partial charge on any atom is 0.228 e. The summed E-state index contributed by atoms with van der Waals surface area (Å²) in [5, 5.41) is 3.73. The van der Waals surface area contributed by atoms with E-state index in [2.05, 4.69) is 5.32 Å². The van der Waals surface area contributed by atoms with E-state index in [0.29, 0.717) is 29.7 Å². The summed E-state index contributed by atoms with van der Waals surface area (Å²) in [7, 11) is 0. The van der Waals surface area contributed by atoms with E-state index in [1.54, 1.807) is 18.2 Å². The molecule has 22 heavy (non-hydrogen) atoms. The van der Waals surface area contributed by atoms with Crippen LogP contribution in [0.4, 0.5) is 5.69 Å². The second-order valence-corrected chi connectivity index (χ2v) is 5.40. The zero-order chi connectivity index (χ0) is 15.1. The first-order valence-electron chi connectivity index (χ1n) is 7.17. The number of carbonyl (C=O) groups excluding carboxylic acids is 2. The Bertz CT molecular complexity index is 875. The Kier molecular flexibility index (Phi) is 2.82. The summed E-state index contributed by atoms with van der Waals surface area (Å²) in [6.45, 7) is 0. The molecule has 1 aliphatic rings. The highest BCUT2D eigenvalue weighted by molar-refractivity contribution is 6.09. The number of hydrogen-bond acceptors (Lipinski definition) is 3. The monoisotopic (exact) mass is 291 g/mol. The second-order valence-electron chi connectivity index (χ2n) is 5.40. The van der Waals surface area contributed by atoms with Crippen LogP contribution < -0.4 is 5.32 Å². The summed E-state index contributed by atoms with van der Waals surface area (Å²) in [5.41, 5.74) is 3.06. The highest BCUT2D eigenvalue weighted by Gasteiger charge is 2.19. The first-order valence-corrected chi connectivity index (χ1v) is 7.17. The van der Waals surface area contributed by atoms with Gasteiger partial charge in [0.25, 0.3) is 0 Å². The predicted molar refractivity (Wildman–Crippen MR) is 83.0 cm³/mol. The molecule has 1 aromatic heterocycles. The van der Waals surface area contributed by atoms with Crippen molar-refractivity contribution in [2.45, 2.75) is 12.8 Å². The van der Waals surface area contributed by atoms with Crippen LogP contribution in [0.25, 0.3) is 11.0 Å². The van der Waals surface area contributed by atoms with Crippen molar-refractivity contribution in [2.24, 2.45) is 0 Å². The van der Waals surface area contributed by atoms with Gasteiger partial charge in [-0.05, 0) is 42.3 Å². The molecule has 2 aromatic carbocycles. The Balaban J connectivity index is 1.72. The molecule has 0 unspecified atom stereocenters. The number of aryl methyl sites for hydroxylation is 1. The molecule has 1 aliphatic heterocycles. The topological polar surface area (TPSA) is 59.3 Å². The van der Waals surface area contributed by atoms with Gasteiger partial charge in [-0.3, -0.25) is 9.59 Å². The van der Waals surface area contributed by atoms with E-state index in [4.69, 9.17) is 4.42 Å². The van der Waals surface area contributed by atoms with Gasteiger partial charge in [0.1, 0.15) is 5.58 Å². The largest absolute Gasteiger partial charge is 0.453 e. The molecule has 3 aromatic rings. The molecule has 108 valence electrons. The molecular weight excluding hydrogens is 278 g/mol. The van der Waals surface area contributed by atoms with Gasteiger partial charge >= 0.3 is 0 Å². The second kappa shape index (κ2) is 4.84. The average molecular weight is 291 g/mol.